The molecule has 1 aromatic rings. The summed E-state index contributed by atoms with van der Waals surface area (Å²) in [4.78, 5) is 0. The number of hydrogen-bond acceptors (Lipinski definition) is 0. The number of allylic oxidation sites excluding steroid dienone is 1. The van der Waals surface area contributed by atoms with E-state index in [9.17, 15) is 0 Å². The van der Waals surface area contributed by atoms with E-state index < -0.39 is 0 Å². The molecule has 66 valence electrons. The zero-order valence-corrected chi connectivity index (χ0v) is 8.12. The molecule has 0 radical (unpaired) electrons. The summed E-state index contributed by atoms with van der Waals surface area (Å²) in [5, 5.41) is 0. The normalized spacial score (nSPS) is 10.1. The molecule has 0 spiro atoms. The Kier molecular flexibility index (Phi) is 3.85. The fourth-order valence-electron chi connectivity index (χ4n) is 0.917. The average molecular weight is 170 g/mol. The van der Waals surface area contributed by atoms with Gasteiger partial charge in [0.25, 0.3) is 0 Å². The van der Waals surface area contributed by atoms with Gasteiger partial charge in [-0.1, -0.05) is 56.0 Å². The lowest BCUT2D eigenvalue weighted by Gasteiger charge is -1.88. The first-order valence-corrected chi connectivity index (χ1v) is 4.51. The molecule has 0 aliphatic carbocycles. The van der Waals surface area contributed by atoms with E-state index in [1.165, 1.54) is 5.56 Å². The summed E-state index contributed by atoms with van der Waals surface area (Å²) in [5.74, 6) is 6.53. The van der Waals surface area contributed by atoms with Gasteiger partial charge in [-0.2, -0.15) is 0 Å². The molecule has 13 heavy (non-hydrogen) atoms. The molecule has 0 aliphatic rings. The largest absolute Gasteiger partial charge is 0.0957 e. The van der Waals surface area contributed by atoms with E-state index in [0.717, 1.165) is 0 Å². The topological polar surface area (TPSA) is 0 Å². The molecule has 0 atom stereocenters. The van der Waals surface area contributed by atoms with Crippen LogP contribution in [0.4, 0.5) is 0 Å². The quantitative estimate of drug-likeness (QED) is 0.567. The number of rotatable bonds is 1. The van der Waals surface area contributed by atoms with Crippen molar-refractivity contribution in [1.29, 1.82) is 0 Å². The maximum absolute atomic E-state index is 3.08. The average Bonchev–Trinajstić information content (AvgIpc) is 2.14. The van der Waals surface area contributed by atoms with Crippen molar-refractivity contribution in [3.63, 3.8) is 0 Å². The summed E-state index contributed by atoms with van der Waals surface area (Å²) in [6.07, 6.45) is 3.92. The summed E-state index contributed by atoms with van der Waals surface area (Å²) in [7, 11) is 0. The van der Waals surface area contributed by atoms with Crippen LogP contribution in [0.15, 0.2) is 36.4 Å². The van der Waals surface area contributed by atoms with Gasteiger partial charge in [-0.3, -0.25) is 0 Å². The first-order valence-electron chi connectivity index (χ1n) is 4.51. The zero-order valence-electron chi connectivity index (χ0n) is 8.12. The minimum Gasteiger partial charge on any atom is -0.0957 e. The molecule has 0 aromatic heterocycles. The maximum atomic E-state index is 3.08. The number of hydrogen-bond donors (Lipinski definition) is 0. The Balaban J connectivity index is 2.57. The Labute approximate surface area is 80.3 Å². The molecule has 1 rings (SSSR count). The van der Waals surface area contributed by atoms with E-state index in [0.29, 0.717) is 5.92 Å². The fourth-order valence-corrected chi connectivity index (χ4v) is 0.917. The van der Waals surface area contributed by atoms with Gasteiger partial charge in [-0.05, 0) is 17.7 Å². The molecule has 0 heterocycles. The van der Waals surface area contributed by atoms with Crippen molar-refractivity contribution in [2.75, 3.05) is 0 Å². The van der Waals surface area contributed by atoms with Gasteiger partial charge in [-0.15, -0.1) is 0 Å². The van der Waals surface area contributed by atoms with Crippen LogP contribution in [0.2, 0.25) is 0 Å². The van der Waals surface area contributed by atoms with Crippen molar-refractivity contribution in [2.45, 2.75) is 13.8 Å². The Hall–Kier alpha value is -1.48. The highest BCUT2D eigenvalue weighted by Gasteiger charge is 1.80. The van der Waals surface area contributed by atoms with Gasteiger partial charge >= 0.3 is 0 Å². The molecular weight excluding hydrogens is 156 g/mol. The van der Waals surface area contributed by atoms with E-state index >= 15 is 0 Å². The van der Waals surface area contributed by atoms with Gasteiger partial charge in [0.15, 0.2) is 0 Å². The van der Waals surface area contributed by atoms with E-state index in [4.69, 9.17) is 0 Å². The van der Waals surface area contributed by atoms with Crippen molar-refractivity contribution in [3.8, 4) is 11.8 Å². The van der Waals surface area contributed by atoms with E-state index in [-0.39, 0.29) is 0 Å². The summed E-state index contributed by atoms with van der Waals surface area (Å²) in [5.41, 5.74) is 1.19. The van der Waals surface area contributed by atoms with Crippen LogP contribution in [-0.2, 0) is 0 Å². The highest BCUT2D eigenvalue weighted by atomic mass is 13.9. The van der Waals surface area contributed by atoms with Gasteiger partial charge in [-0.25, -0.2) is 0 Å². The third kappa shape index (κ3) is 4.18. The predicted octanol–water partition coefficient (Wildman–Crippen LogP) is 3.36. The Bertz CT molecular complexity index is 320. The first-order chi connectivity index (χ1) is 6.29. The molecule has 0 nitrogen and oxygen atoms in total. The molecule has 0 heteroatoms. The monoisotopic (exact) mass is 170 g/mol. The summed E-state index contributed by atoms with van der Waals surface area (Å²) in [6.45, 7) is 4.17. The Morgan fingerprint density at radius 2 is 1.85 bits per heavy atom. The van der Waals surface area contributed by atoms with Crippen LogP contribution >= 0.6 is 0 Å². The second kappa shape index (κ2) is 5.22. The standard InChI is InChI=1S/C13H14/c1-12(2)8-6-7-11-13-9-4-3-5-10-13/h3-5,7,9-12H,1-2H3/b11-7+. The van der Waals surface area contributed by atoms with Crippen molar-refractivity contribution >= 4 is 6.08 Å². The molecular formula is C13H14. The highest BCUT2D eigenvalue weighted by Crippen LogP contribution is 1.99. The minimum atomic E-state index is 0.445. The van der Waals surface area contributed by atoms with Crippen LogP contribution in [0.5, 0.6) is 0 Å². The van der Waals surface area contributed by atoms with Gasteiger partial charge < -0.3 is 0 Å². The van der Waals surface area contributed by atoms with Crippen molar-refractivity contribution < 1.29 is 0 Å². The number of benzene rings is 1. The molecule has 0 unspecified atom stereocenters. The fraction of sp³-hybridized carbons (Fsp3) is 0.231. The van der Waals surface area contributed by atoms with E-state index in [1.54, 1.807) is 0 Å². The van der Waals surface area contributed by atoms with Gasteiger partial charge in [0.05, 0.1) is 0 Å². The zero-order chi connectivity index (χ0) is 9.52. The lowest BCUT2D eigenvalue weighted by molar-refractivity contribution is 0.867. The molecule has 1 aromatic carbocycles. The van der Waals surface area contributed by atoms with Crippen molar-refractivity contribution in [3.05, 3.63) is 42.0 Å². The second-order valence-corrected chi connectivity index (χ2v) is 3.19. The summed E-state index contributed by atoms with van der Waals surface area (Å²) < 4.78 is 0. The summed E-state index contributed by atoms with van der Waals surface area (Å²) in [6, 6.07) is 10.2. The lowest BCUT2D eigenvalue weighted by Crippen LogP contribution is -1.75. The predicted molar refractivity (Wildman–Crippen MR) is 58.1 cm³/mol. The van der Waals surface area contributed by atoms with Gasteiger partial charge in [0, 0.05) is 5.92 Å². The highest BCUT2D eigenvalue weighted by molar-refractivity contribution is 5.52. The van der Waals surface area contributed by atoms with Gasteiger partial charge in [0.1, 0.15) is 0 Å². The summed E-state index contributed by atoms with van der Waals surface area (Å²) >= 11 is 0. The molecule has 0 saturated carbocycles. The molecule has 0 N–H and O–H groups in total. The van der Waals surface area contributed by atoms with Crippen LogP contribution in [0, 0.1) is 17.8 Å². The van der Waals surface area contributed by atoms with Crippen molar-refractivity contribution in [1.82, 2.24) is 0 Å². The Morgan fingerprint density at radius 3 is 2.46 bits per heavy atom. The first kappa shape index (κ1) is 9.61. The van der Waals surface area contributed by atoms with E-state index in [2.05, 4.69) is 37.8 Å². The van der Waals surface area contributed by atoms with Crippen LogP contribution < -0.4 is 0 Å². The second-order valence-electron chi connectivity index (χ2n) is 3.19. The molecule has 0 fully saturated rings. The Morgan fingerprint density at radius 1 is 1.15 bits per heavy atom. The maximum Gasteiger partial charge on any atom is 0.0149 e. The van der Waals surface area contributed by atoms with Crippen LogP contribution in [0.3, 0.4) is 0 Å². The smallest absolute Gasteiger partial charge is 0.0149 e. The van der Waals surface area contributed by atoms with Crippen LogP contribution in [0.25, 0.3) is 6.08 Å². The third-order valence-corrected chi connectivity index (χ3v) is 1.53. The molecule has 0 saturated heterocycles. The van der Waals surface area contributed by atoms with E-state index in [1.807, 2.05) is 30.4 Å². The van der Waals surface area contributed by atoms with Crippen LogP contribution in [-0.4, -0.2) is 0 Å². The minimum absolute atomic E-state index is 0.445. The molecule has 0 bridgehead atoms. The van der Waals surface area contributed by atoms with Gasteiger partial charge in [0.2, 0.25) is 0 Å². The van der Waals surface area contributed by atoms with Crippen LogP contribution in [0.1, 0.15) is 19.4 Å². The molecule has 0 aliphatic heterocycles. The molecule has 0 amide bonds. The lowest BCUT2D eigenvalue weighted by atomic mass is 10.2. The SMILES string of the molecule is CC(C)C#C/C=C/c1ccccc1. The van der Waals surface area contributed by atoms with Crippen molar-refractivity contribution in [2.24, 2.45) is 5.92 Å². The third-order valence-electron chi connectivity index (χ3n) is 1.53.